The summed E-state index contributed by atoms with van der Waals surface area (Å²) in [5, 5.41) is 6.93. The van der Waals surface area contributed by atoms with E-state index in [0.717, 1.165) is 16.9 Å². The van der Waals surface area contributed by atoms with Crippen molar-refractivity contribution in [2.75, 3.05) is 31.6 Å². The monoisotopic (exact) mass is 356 g/mol. The first-order valence-electron chi connectivity index (χ1n) is 8.86. The molecule has 1 saturated heterocycles. The third-order valence-electron chi connectivity index (χ3n) is 4.55. The Morgan fingerprint density at radius 1 is 1.12 bits per heavy atom. The lowest BCUT2D eigenvalue weighted by Crippen LogP contribution is -2.42. The van der Waals surface area contributed by atoms with Gasteiger partial charge in [0, 0.05) is 36.5 Å². The molecule has 1 fully saturated rings. The second-order valence-electron chi connectivity index (χ2n) is 6.45. The molecule has 1 aliphatic heterocycles. The summed E-state index contributed by atoms with van der Waals surface area (Å²) in [6.07, 6.45) is 1.94. The molecule has 7 heteroatoms. The first-order valence-corrected chi connectivity index (χ1v) is 8.86. The first kappa shape index (κ1) is 18.1. The molecular weight excluding hydrogens is 332 g/mol. The normalized spacial score (nSPS) is 19.4. The Hall–Kier alpha value is -2.67. The summed E-state index contributed by atoms with van der Waals surface area (Å²) >= 11 is 0. The number of ether oxygens (including phenoxy) is 1. The second-order valence-corrected chi connectivity index (χ2v) is 6.45. The van der Waals surface area contributed by atoms with Crippen molar-refractivity contribution in [3.8, 4) is 0 Å². The Kier molecular flexibility index (Phi) is 6.01. The molecule has 0 aromatic heterocycles. The van der Waals surface area contributed by atoms with E-state index in [-0.39, 0.29) is 11.9 Å². The molecule has 3 amide bonds. The van der Waals surface area contributed by atoms with Crippen molar-refractivity contribution in [1.82, 2.24) is 10.3 Å². The van der Waals surface area contributed by atoms with Crippen LogP contribution < -0.4 is 10.7 Å². The molecule has 0 bridgehead atoms. The number of hydrogen-bond acceptors (Lipinski definition) is 4. The number of rotatable bonds is 3. The Labute approximate surface area is 153 Å². The summed E-state index contributed by atoms with van der Waals surface area (Å²) in [5.41, 5.74) is 6.02. The van der Waals surface area contributed by atoms with Gasteiger partial charge in [0.15, 0.2) is 0 Å². The van der Waals surface area contributed by atoms with Gasteiger partial charge in [0.05, 0.1) is 13.2 Å². The average molecular weight is 356 g/mol. The number of allylic oxidation sites excluding steroid dienone is 1. The number of carbonyl (C=O) groups excluding carboxylic acids is 2. The zero-order valence-electron chi connectivity index (χ0n) is 15.0. The molecule has 0 spiro atoms. The fourth-order valence-corrected chi connectivity index (χ4v) is 3.14. The first-order chi connectivity index (χ1) is 12.6. The molecular formula is C19H24N4O3. The zero-order chi connectivity index (χ0) is 18.4. The van der Waals surface area contributed by atoms with Crippen LogP contribution in [0.2, 0.25) is 0 Å². The van der Waals surface area contributed by atoms with Crippen molar-refractivity contribution in [3.63, 3.8) is 0 Å². The van der Waals surface area contributed by atoms with E-state index < -0.39 is 0 Å². The number of morpholine rings is 1. The number of carbonyl (C=O) groups is 2. The molecule has 3 rings (SSSR count). The number of hydrazone groups is 1. The molecule has 1 aromatic carbocycles. The quantitative estimate of drug-likeness (QED) is 0.817. The Morgan fingerprint density at radius 2 is 1.85 bits per heavy atom. The highest BCUT2D eigenvalue weighted by molar-refractivity contribution is 5.99. The van der Waals surface area contributed by atoms with Gasteiger partial charge < -0.3 is 15.0 Å². The van der Waals surface area contributed by atoms with Crippen LogP contribution in [-0.2, 0) is 9.53 Å². The van der Waals surface area contributed by atoms with Crippen LogP contribution in [0.1, 0.15) is 26.2 Å². The minimum Gasteiger partial charge on any atom is -0.378 e. The van der Waals surface area contributed by atoms with E-state index in [0.29, 0.717) is 51.3 Å². The minimum absolute atomic E-state index is 0.111. The standard InChI is InChI=1S/C19H24N4O3/c1-14-13-16(21-22-19(25)20-15-5-3-2-4-6-15)7-8-17(14)18(24)23-9-11-26-12-10-23/h2-6H,7-13H2,1H3,(H2,20,22,25). The molecule has 0 saturated carbocycles. The predicted octanol–water partition coefficient (Wildman–Crippen LogP) is 2.52. The van der Waals surface area contributed by atoms with Crippen molar-refractivity contribution in [1.29, 1.82) is 0 Å². The third kappa shape index (κ3) is 4.70. The van der Waals surface area contributed by atoms with Crippen LogP contribution in [-0.4, -0.2) is 48.9 Å². The fourth-order valence-electron chi connectivity index (χ4n) is 3.14. The van der Waals surface area contributed by atoms with Crippen LogP contribution in [0.15, 0.2) is 46.6 Å². The predicted molar refractivity (Wildman–Crippen MR) is 100.0 cm³/mol. The van der Waals surface area contributed by atoms with Crippen molar-refractivity contribution in [3.05, 3.63) is 41.5 Å². The molecule has 2 aliphatic rings. The van der Waals surface area contributed by atoms with Crippen molar-refractivity contribution in [2.45, 2.75) is 26.2 Å². The largest absolute Gasteiger partial charge is 0.378 e. The van der Waals surface area contributed by atoms with Crippen molar-refractivity contribution in [2.24, 2.45) is 5.10 Å². The molecule has 0 atom stereocenters. The van der Waals surface area contributed by atoms with Gasteiger partial charge >= 0.3 is 6.03 Å². The van der Waals surface area contributed by atoms with Crippen molar-refractivity contribution >= 4 is 23.3 Å². The van der Waals surface area contributed by atoms with E-state index in [1.54, 1.807) is 0 Å². The lowest BCUT2D eigenvalue weighted by molar-refractivity contribution is -0.131. The summed E-state index contributed by atoms with van der Waals surface area (Å²) in [7, 11) is 0. The van der Waals surface area contributed by atoms with Gasteiger partial charge in [0.25, 0.3) is 0 Å². The highest BCUT2D eigenvalue weighted by Gasteiger charge is 2.25. The number of benzene rings is 1. The SMILES string of the molecule is CC1=C(C(=O)N2CCOCC2)CCC(=NNC(=O)Nc2ccccc2)C1. The maximum absolute atomic E-state index is 12.6. The topological polar surface area (TPSA) is 83.0 Å². The summed E-state index contributed by atoms with van der Waals surface area (Å²) < 4.78 is 5.30. The van der Waals surface area contributed by atoms with E-state index in [1.165, 1.54) is 0 Å². The van der Waals surface area contributed by atoms with Gasteiger partial charge in [-0.3, -0.25) is 4.79 Å². The molecule has 2 N–H and O–H groups in total. The molecule has 1 aromatic rings. The number of amides is 3. The van der Waals surface area contributed by atoms with Crippen LogP contribution in [0.5, 0.6) is 0 Å². The Balaban J connectivity index is 1.55. The highest BCUT2D eigenvalue weighted by Crippen LogP contribution is 2.25. The van der Waals surface area contributed by atoms with Crippen LogP contribution in [0.3, 0.4) is 0 Å². The fraction of sp³-hybridized carbons (Fsp3) is 0.421. The van der Waals surface area contributed by atoms with E-state index in [1.807, 2.05) is 42.2 Å². The van der Waals surface area contributed by atoms with Crippen LogP contribution in [0.25, 0.3) is 0 Å². The van der Waals surface area contributed by atoms with Gasteiger partial charge in [-0.25, -0.2) is 10.2 Å². The summed E-state index contributed by atoms with van der Waals surface area (Å²) in [6.45, 7) is 4.47. The van der Waals surface area contributed by atoms with E-state index in [4.69, 9.17) is 4.74 Å². The van der Waals surface area contributed by atoms with Crippen LogP contribution in [0, 0.1) is 0 Å². The number of nitrogens with one attached hydrogen (secondary N) is 2. The molecule has 26 heavy (non-hydrogen) atoms. The average Bonchev–Trinajstić information content (AvgIpc) is 2.67. The molecule has 0 radical (unpaired) electrons. The van der Waals surface area contributed by atoms with Crippen molar-refractivity contribution < 1.29 is 14.3 Å². The van der Waals surface area contributed by atoms with E-state index >= 15 is 0 Å². The van der Waals surface area contributed by atoms with Gasteiger partial charge in [-0.1, -0.05) is 23.8 Å². The molecule has 1 heterocycles. The number of anilines is 1. The van der Waals surface area contributed by atoms with E-state index in [2.05, 4.69) is 15.8 Å². The molecule has 1 aliphatic carbocycles. The summed E-state index contributed by atoms with van der Waals surface area (Å²) in [4.78, 5) is 26.4. The Morgan fingerprint density at radius 3 is 2.54 bits per heavy atom. The lowest BCUT2D eigenvalue weighted by atomic mass is 9.90. The number of para-hydroxylation sites is 1. The van der Waals surface area contributed by atoms with Crippen LogP contribution in [0.4, 0.5) is 10.5 Å². The van der Waals surface area contributed by atoms with Gasteiger partial charge in [-0.15, -0.1) is 0 Å². The smallest absolute Gasteiger partial charge is 0.339 e. The maximum Gasteiger partial charge on any atom is 0.339 e. The summed E-state index contributed by atoms with van der Waals surface area (Å²) in [6, 6.07) is 8.83. The van der Waals surface area contributed by atoms with Gasteiger partial charge in [-0.2, -0.15) is 5.10 Å². The highest BCUT2D eigenvalue weighted by atomic mass is 16.5. The van der Waals surface area contributed by atoms with Gasteiger partial charge in [0.2, 0.25) is 5.91 Å². The summed E-state index contributed by atoms with van der Waals surface area (Å²) in [5.74, 6) is 0.111. The van der Waals surface area contributed by atoms with Crippen LogP contribution >= 0.6 is 0 Å². The number of hydrogen-bond donors (Lipinski definition) is 2. The van der Waals surface area contributed by atoms with E-state index in [9.17, 15) is 9.59 Å². The minimum atomic E-state index is -0.375. The zero-order valence-corrected chi connectivity index (χ0v) is 15.0. The number of nitrogens with zero attached hydrogens (tertiary/aromatic N) is 2. The lowest BCUT2D eigenvalue weighted by Gasteiger charge is -2.29. The number of urea groups is 1. The third-order valence-corrected chi connectivity index (χ3v) is 4.55. The molecule has 138 valence electrons. The second kappa shape index (κ2) is 8.62. The van der Waals surface area contributed by atoms with Gasteiger partial charge in [0.1, 0.15) is 0 Å². The maximum atomic E-state index is 12.6. The molecule has 7 nitrogen and oxygen atoms in total. The van der Waals surface area contributed by atoms with Gasteiger partial charge in [-0.05, 0) is 31.9 Å². The Bertz CT molecular complexity index is 722. The molecule has 0 unspecified atom stereocenters.